The Balaban J connectivity index is 2.81. The Labute approximate surface area is 108 Å². The van der Waals surface area contributed by atoms with E-state index in [1.165, 1.54) is 18.6 Å². The van der Waals surface area contributed by atoms with Crippen molar-refractivity contribution >= 4 is 9.84 Å². The minimum Gasteiger partial charge on any atom is -0.239 e. The molecule has 0 aliphatic carbocycles. The molecule has 0 bridgehead atoms. The van der Waals surface area contributed by atoms with Crippen LogP contribution in [0.15, 0.2) is 46.7 Å². The van der Waals surface area contributed by atoms with Gasteiger partial charge in [-0.2, -0.15) is 0 Å². The van der Waals surface area contributed by atoms with E-state index >= 15 is 0 Å². The second-order valence-electron chi connectivity index (χ2n) is 3.78. The molecule has 4 nitrogen and oxygen atoms in total. The van der Waals surface area contributed by atoms with E-state index in [9.17, 15) is 8.42 Å². The molecule has 0 aliphatic heterocycles. The molecular weight excluding hydrogens is 252 g/mol. The van der Waals surface area contributed by atoms with Gasteiger partial charge in [-0.05, 0) is 24.6 Å². The van der Waals surface area contributed by atoms with Crippen LogP contribution in [0.5, 0.6) is 0 Å². The van der Waals surface area contributed by atoms with Crippen LogP contribution in [0.4, 0.5) is 0 Å². The van der Waals surface area contributed by atoms with Gasteiger partial charge in [-0.25, -0.2) is 18.2 Å². The predicted octanol–water partition coefficient (Wildman–Crippen LogP) is 2.72. The van der Waals surface area contributed by atoms with Crippen molar-refractivity contribution < 1.29 is 18.2 Å². The van der Waals surface area contributed by atoms with Crippen molar-refractivity contribution in [3.05, 3.63) is 41.8 Å². The molecule has 1 aromatic rings. The fraction of sp³-hybridized carbons (Fsp3) is 0.385. The van der Waals surface area contributed by atoms with Crippen LogP contribution in [0, 0.1) is 0 Å². The van der Waals surface area contributed by atoms with Gasteiger partial charge < -0.3 is 0 Å². The van der Waals surface area contributed by atoms with Crippen molar-refractivity contribution in [3.63, 3.8) is 0 Å². The highest BCUT2D eigenvalue weighted by Gasteiger charge is 2.11. The highest BCUT2D eigenvalue weighted by atomic mass is 32.2. The monoisotopic (exact) mass is 270 g/mol. The molecule has 0 heterocycles. The van der Waals surface area contributed by atoms with Crippen molar-refractivity contribution in [2.45, 2.75) is 30.8 Å². The molecule has 5 heteroatoms. The van der Waals surface area contributed by atoms with E-state index in [1.54, 1.807) is 30.3 Å². The van der Waals surface area contributed by atoms with Crippen LogP contribution in [-0.2, 0) is 19.6 Å². The Hall–Kier alpha value is -1.17. The molecular formula is C13H18O4S. The van der Waals surface area contributed by atoms with Crippen molar-refractivity contribution in [2.24, 2.45) is 0 Å². The quantitative estimate of drug-likeness (QED) is 0.564. The molecule has 0 spiro atoms. The summed E-state index contributed by atoms with van der Waals surface area (Å²) in [7, 11) is -2.00. The SMILES string of the molecule is CCCC(/C=C/S(=O)(=O)c1ccccc1)OOC. The number of hydrogen-bond donors (Lipinski definition) is 0. The topological polar surface area (TPSA) is 52.6 Å². The van der Waals surface area contributed by atoms with E-state index in [0.717, 1.165) is 6.42 Å². The number of hydrogen-bond acceptors (Lipinski definition) is 4. The van der Waals surface area contributed by atoms with Gasteiger partial charge in [0, 0.05) is 5.41 Å². The first-order valence-corrected chi connectivity index (χ1v) is 7.32. The maximum atomic E-state index is 12.0. The molecule has 0 saturated carbocycles. The number of rotatable bonds is 7. The van der Waals surface area contributed by atoms with Gasteiger partial charge in [-0.1, -0.05) is 31.5 Å². The fourth-order valence-corrected chi connectivity index (χ4v) is 2.54. The van der Waals surface area contributed by atoms with Crippen molar-refractivity contribution in [2.75, 3.05) is 7.11 Å². The summed E-state index contributed by atoms with van der Waals surface area (Å²) in [6.07, 6.45) is 2.74. The standard InChI is InChI=1S/C13H18O4S/c1-3-7-12(17-16-2)10-11-18(14,15)13-8-5-4-6-9-13/h4-6,8-12H,3,7H2,1-2H3/b11-10+. The molecule has 1 rings (SSSR count). The summed E-state index contributed by atoms with van der Waals surface area (Å²) < 4.78 is 23.9. The molecule has 1 aromatic carbocycles. The van der Waals surface area contributed by atoms with E-state index in [-0.39, 0.29) is 11.0 Å². The van der Waals surface area contributed by atoms with E-state index in [2.05, 4.69) is 4.89 Å². The molecule has 0 radical (unpaired) electrons. The van der Waals surface area contributed by atoms with E-state index in [1.807, 2.05) is 6.92 Å². The first-order valence-electron chi connectivity index (χ1n) is 5.78. The molecule has 0 saturated heterocycles. The predicted molar refractivity (Wildman–Crippen MR) is 69.6 cm³/mol. The Morgan fingerprint density at radius 2 is 1.94 bits per heavy atom. The normalized spacial score (nSPS) is 13.9. The zero-order chi connectivity index (χ0) is 13.4. The van der Waals surface area contributed by atoms with Crippen LogP contribution in [0.3, 0.4) is 0 Å². The molecule has 0 N–H and O–H groups in total. The van der Waals surface area contributed by atoms with Gasteiger partial charge in [0.25, 0.3) is 0 Å². The first-order chi connectivity index (χ1) is 8.60. The highest BCUT2D eigenvalue weighted by molar-refractivity contribution is 7.94. The second-order valence-corrected chi connectivity index (χ2v) is 5.61. The van der Waals surface area contributed by atoms with Gasteiger partial charge in [0.1, 0.15) is 6.10 Å². The molecule has 0 amide bonds. The molecule has 0 aromatic heterocycles. The van der Waals surface area contributed by atoms with Crippen LogP contribution in [-0.4, -0.2) is 21.6 Å². The Kier molecular flexibility index (Phi) is 6.04. The third-order valence-electron chi connectivity index (χ3n) is 2.34. The Bertz CT molecular complexity index is 459. The number of benzene rings is 1. The highest BCUT2D eigenvalue weighted by Crippen LogP contribution is 2.13. The van der Waals surface area contributed by atoms with E-state index < -0.39 is 9.84 Å². The third-order valence-corrected chi connectivity index (χ3v) is 3.78. The summed E-state index contributed by atoms with van der Waals surface area (Å²) in [5, 5.41) is 1.17. The van der Waals surface area contributed by atoms with Crippen LogP contribution in [0.2, 0.25) is 0 Å². The minimum absolute atomic E-state index is 0.272. The van der Waals surface area contributed by atoms with Crippen molar-refractivity contribution in [3.8, 4) is 0 Å². The van der Waals surface area contributed by atoms with Crippen LogP contribution in [0.1, 0.15) is 19.8 Å². The largest absolute Gasteiger partial charge is 0.239 e. The zero-order valence-electron chi connectivity index (χ0n) is 10.6. The maximum absolute atomic E-state index is 12.0. The summed E-state index contributed by atoms with van der Waals surface area (Å²) in [5.74, 6) is 0. The summed E-state index contributed by atoms with van der Waals surface area (Å²) >= 11 is 0. The van der Waals surface area contributed by atoms with Gasteiger partial charge in [0.2, 0.25) is 0 Å². The van der Waals surface area contributed by atoms with Gasteiger partial charge in [0.15, 0.2) is 9.84 Å². The lowest BCUT2D eigenvalue weighted by atomic mass is 10.2. The van der Waals surface area contributed by atoms with Gasteiger partial charge in [0.05, 0.1) is 12.0 Å². The second kappa shape index (κ2) is 7.31. The van der Waals surface area contributed by atoms with Crippen molar-refractivity contribution in [1.29, 1.82) is 0 Å². The van der Waals surface area contributed by atoms with E-state index in [0.29, 0.717) is 6.42 Å². The fourth-order valence-electron chi connectivity index (χ4n) is 1.46. The van der Waals surface area contributed by atoms with Crippen LogP contribution >= 0.6 is 0 Å². The van der Waals surface area contributed by atoms with Crippen molar-refractivity contribution in [1.82, 2.24) is 0 Å². The summed E-state index contributed by atoms with van der Waals surface area (Å²) in [5.41, 5.74) is 0. The summed E-state index contributed by atoms with van der Waals surface area (Å²) in [4.78, 5) is 9.82. The summed E-state index contributed by atoms with van der Waals surface area (Å²) in [6.45, 7) is 1.99. The number of sulfone groups is 1. The average Bonchev–Trinajstić information content (AvgIpc) is 2.38. The lowest BCUT2D eigenvalue weighted by Gasteiger charge is -2.09. The van der Waals surface area contributed by atoms with Crippen LogP contribution in [0.25, 0.3) is 0 Å². The summed E-state index contributed by atoms with van der Waals surface area (Å²) in [6, 6.07) is 8.28. The Morgan fingerprint density at radius 3 is 2.50 bits per heavy atom. The Morgan fingerprint density at radius 1 is 1.28 bits per heavy atom. The lowest BCUT2D eigenvalue weighted by Crippen LogP contribution is -2.09. The first kappa shape index (κ1) is 14.9. The smallest absolute Gasteiger partial charge is 0.199 e. The minimum atomic E-state index is -3.41. The van der Waals surface area contributed by atoms with Gasteiger partial charge in [-0.3, -0.25) is 0 Å². The van der Waals surface area contributed by atoms with E-state index in [4.69, 9.17) is 4.89 Å². The molecule has 1 atom stereocenters. The molecule has 100 valence electrons. The van der Waals surface area contributed by atoms with Gasteiger partial charge >= 0.3 is 0 Å². The van der Waals surface area contributed by atoms with Gasteiger partial charge in [-0.15, -0.1) is 0 Å². The molecule has 0 fully saturated rings. The zero-order valence-corrected chi connectivity index (χ0v) is 11.4. The van der Waals surface area contributed by atoms with Crippen LogP contribution < -0.4 is 0 Å². The molecule has 18 heavy (non-hydrogen) atoms. The average molecular weight is 270 g/mol. The maximum Gasteiger partial charge on any atom is 0.199 e. The third kappa shape index (κ3) is 4.60. The molecule has 1 unspecified atom stereocenters. The lowest BCUT2D eigenvalue weighted by molar-refractivity contribution is -0.294. The molecule has 0 aliphatic rings.